The topological polar surface area (TPSA) is 44.4 Å². The van der Waals surface area contributed by atoms with E-state index in [-0.39, 0.29) is 5.91 Å². The number of hydrogen-bond acceptors (Lipinski definition) is 3. The molecule has 1 fully saturated rings. The van der Waals surface area contributed by atoms with E-state index in [9.17, 15) is 4.79 Å². The molecular weight excluding hydrogens is 390 g/mol. The summed E-state index contributed by atoms with van der Waals surface area (Å²) in [6, 6.07) is 14.4. The normalized spacial score (nSPS) is 18.7. The Morgan fingerprint density at radius 3 is 2.65 bits per heavy atom. The lowest BCUT2D eigenvalue weighted by molar-refractivity contribution is -0.116. The van der Waals surface area contributed by atoms with Gasteiger partial charge in [-0.15, -0.1) is 0 Å². The van der Waals surface area contributed by atoms with Crippen molar-refractivity contribution in [3.63, 3.8) is 0 Å². The molecule has 1 amide bonds. The molecule has 2 aromatic rings. The van der Waals surface area contributed by atoms with Gasteiger partial charge in [-0.1, -0.05) is 40.2 Å². The summed E-state index contributed by atoms with van der Waals surface area (Å²) in [5, 5.41) is 6.21. The number of rotatable bonds is 4. The summed E-state index contributed by atoms with van der Waals surface area (Å²) in [6.07, 6.45) is 4.43. The molecule has 1 saturated heterocycles. The van der Waals surface area contributed by atoms with Gasteiger partial charge >= 0.3 is 0 Å². The standard InChI is InChI=1S/C21H22BrN3O/c22-20-5-3-4-17-18(20)12-24-21(26)19(17)13-23-16-8-6-15(7-9-16)14-25-10-1-2-11-25/h3-9,13,23H,1-2,10-12,14H2,(H,24,26). The molecule has 0 aliphatic carbocycles. The Bertz CT molecular complexity index is 839. The van der Waals surface area contributed by atoms with Crippen molar-refractivity contribution < 1.29 is 4.79 Å². The van der Waals surface area contributed by atoms with Gasteiger partial charge in [-0.3, -0.25) is 9.69 Å². The lowest BCUT2D eigenvalue weighted by Gasteiger charge is -2.21. The molecule has 0 bridgehead atoms. The van der Waals surface area contributed by atoms with Gasteiger partial charge in [-0.05, 0) is 60.8 Å². The van der Waals surface area contributed by atoms with Crippen LogP contribution in [0.2, 0.25) is 0 Å². The lowest BCUT2D eigenvalue weighted by atomic mass is 9.96. The lowest BCUT2D eigenvalue weighted by Crippen LogP contribution is -2.30. The van der Waals surface area contributed by atoms with E-state index < -0.39 is 0 Å². The third-order valence-electron chi connectivity index (χ3n) is 5.02. The van der Waals surface area contributed by atoms with Crippen molar-refractivity contribution in [2.24, 2.45) is 0 Å². The molecule has 4 nitrogen and oxygen atoms in total. The molecule has 4 rings (SSSR count). The van der Waals surface area contributed by atoms with E-state index >= 15 is 0 Å². The minimum absolute atomic E-state index is 0.0475. The summed E-state index contributed by atoms with van der Waals surface area (Å²) in [5.41, 5.74) is 5.06. The van der Waals surface area contributed by atoms with Crippen LogP contribution in [0.1, 0.15) is 29.5 Å². The van der Waals surface area contributed by atoms with Crippen molar-refractivity contribution in [3.8, 4) is 0 Å². The van der Waals surface area contributed by atoms with Crippen LogP contribution in [0.15, 0.2) is 53.1 Å². The highest BCUT2D eigenvalue weighted by atomic mass is 79.9. The minimum Gasteiger partial charge on any atom is -0.361 e. The number of likely N-dealkylation sites (tertiary alicyclic amines) is 1. The van der Waals surface area contributed by atoms with E-state index in [1.807, 2.05) is 18.2 Å². The maximum atomic E-state index is 12.3. The van der Waals surface area contributed by atoms with E-state index in [1.54, 1.807) is 6.20 Å². The number of benzene rings is 2. The molecule has 2 aliphatic heterocycles. The molecule has 134 valence electrons. The van der Waals surface area contributed by atoms with Gasteiger partial charge in [0.15, 0.2) is 0 Å². The molecule has 0 atom stereocenters. The van der Waals surface area contributed by atoms with Gasteiger partial charge in [0.2, 0.25) is 0 Å². The first-order valence-electron chi connectivity index (χ1n) is 9.05. The second-order valence-corrected chi connectivity index (χ2v) is 7.69. The number of hydrogen-bond donors (Lipinski definition) is 2. The van der Waals surface area contributed by atoms with E-state index in [0.717, 1.165) is 27.8 Å². The molecule has 2 heterocycles. The van der Waals surface area contributed by atoms with Crippen molar-refractivity contribution in [2.75, 3.05) is 18.4 Å². The summed E-state index contributed by atoms with van der Waals surface area (Å²) < 4.78 is 1.02. The number of fused-ring (bicyclic) bond motifs is 1. The number of anilines is 1. The van der Waals surface area contributed by atoms with Crippen LogP contribution in [0.5, 0.6) is 0 Å². The largest absolute Gasteiger partial charge is 0.361 e. The number of amides is 1. The summed E-state index contributed by atoms with van der Waals surface area (Å²) in [6.45, 7) is 3.98. The average molecular weight is 412 g/mol. The fraction of sp³-hybridized carbons (Fsp3) is 0.286. The Kier molecular flexibility index (Phi) is 5.09. The molecule has 0 unspecified atom stereocenters. The van der Waals surface area contributed by atoms with Crippen molar-refractivity contribution in [1.29, 1.82) is 0 Å². The predicted octanol–water partition coefficient (Wildman–Crippen LogP) is 4.13. The van der Waals surface area contributed by atoms with E-state index in [1.165, 1.54) is 31.5 Å². The molecule has 2 N–H and O–H groups in total. The highest BCUT2D eigenvalue weighted by Gasteiger charge is 2.22. The molecule has 5 heteroatoms. The monoisotopic (exact) mass is 411 g/mol. The molecular formula is C21H22BrN3O. The van der Waals surface area contributed by atoms with Gasteiger partial charge in [-0.2, -0.15) is 0 Å². The van der Waals surface area contributed by atoms with Crippen LogP contribution < -0.4 is 10.6 Å². The average Bonchev–Trinajstić information content (AvgIpc) is 3.15. The smallest absolute Gasteiger partial charge is 0.253 e. The summed E-state index contributed by atoms with van der Waals surface area (Å²) in [7, 11) is 0. The highest BCUT2D eigenvalue weighted by molar-refractivity contribution is 9.10. The molecule has 0 saturated carbocycles. The Morgan fingerprint density at radius 1 is 1.12 bits per heavy atom. The van der Waals surface area contributed by atoms with E-state index in [0.29, 0.717) is 12.1 Å². The van der Waals surface area contributed by atoms with Crippen molar-refractivity contribution in [1.82, 2.24) is 10.2 Å². The van der Waals surface area contributed by atoms with Crippen LogP contribution in [-0.2, 0) is 17.9 Å². The number of carbonyl (C=O) groups excluding carboxylic acids is 1. The first-order chi connectivity index (χ1) is 12.7. The zero-order valence-corrected chi connectivity index (χ0v) is 16.2. The van der Waals surface area contributed by atoms with Crippen LogP contribution in [0.25, 0.3) is 5.57 Å². The second-order valence-electron chi connectivity index (χ2n) is 6.83. The van der Waals surface area contributed by atoms with Crippen LogP contribution in [0, 0.1) is 0 Å². The predicted molar refractivity (Wildman–Crippen MR) is 109 cm³/mol. The zero-order chi connectivity index (χ0) is 17.9. The Morgan fingerprint density at radius 2 is 1.88 bits per heavy atom. The van der Waals surface area contributed by atoms with Gasteiger partial charge in [0.05, 0.1) is 5.57 Å². The van der Waals surface area contributed by atoms with Crippen LogP contribution in [-0.4, -0.2) is 23.9 Å². The molecule has 0 radical (unpaired) electrons. The van der Waals surface area contributed by atoms with Gasteiger partial charge in [-0.25, -0.2) is 0 Å². The third-order valence-corrected chi connectivity index (χ3v) is 5.76. The summed E-state index contributed by atoms with van der Waals surface area (Å²) >= 11 is 3.57. The van der Waals surface area contributed by atoms with Crippen molar-refractivity contribution in [2.45, 2.75) is 25.9 Å². The van der Waals surface area contributed by atoms with Gasteiger partial charge in [0, 0.05) is 29.4 Å². The molecule has 2 aliphatic rings. The molecule has 0 spiro atoms. The first-order valence-corrected chi connectivity index (χ1v) is 9.84. The van der Waals surface area contributed by atoms with Crippen molar-refractivity contribution >= 4 is 33.1 Å². The van der Waals surface area contributed by atoms with Gasteiger partial charge < -0.3 is 10.6 Å². The van der Waals surface area contributed by atoms with Crippen LogP contribution in [0.3, 0.4) is 0 Å². The first kappa shape index (κ1) is 17.3. The second kappa shape index (κ2) is 7.64. The van der Waals surface area contributed by atoms with Crippen molar-refractivity contribution in [3.05, 3.63) is 69.8 Å². The number of nitrogens with one attached hydrogen (secondary N) is 2. The zero-order valence-electron chi connectivity index (χ0n) is 14.6. The Balaban J connectivity index is 1.49. The molecule has 2 aromatic carbocycles. The SMILES string of the molecule is O=C1NCc2c(Br)cccc2C1=CNc1ccc(CN2CCCC2)cc1. The summed E-state index contributed by atoms with van der Waals surface area (Å²) in [4.78, 5) is 14.8. The highest BCUT2D eigenvalue weighted by Crippen LogP contribution is 2.29. The van der Waals surface area contributed by atoms with Gasteiger partial charge in [0.1, 0.15) is 0 Å². The van der Waals surface area contributed by atoms with Crippen LogP contribution in [0.4, 0.5) is 5.69 Å². The maximum Gasteiger partial charge on any atom is 0.253 e. The van der Waals surface area contributed by atoms with Gasteiger partial charge in [0.25, 0.3) is 5.91 Å². The minimum atomic E-state index is -0.0475. The number of nitrogens with zero attached hydrogens (tertiary/aromatic N) is 1. The third kappa shape index (κ3) is 3.69. The van der Waals surface area contributed by atoms with Crippen LogP contribution >= 0.6 is 15.9 Å². The Labute approximate surface area is 162 Å². The van der Waals surface area contributed by atoms with E-state index in [4.69, 9.17) is 0 Å². The molecule has 0 aromatic heterocycles. The van der Waals surface area contributed by atoms with E-state index in [2.05, 4.69) is 55.7 Å². The molecule has 26 heavy (non-hydrogen) atoms. The maximum absolute atomic E-state index is 12.3. The number of carbonyl (C=O) groups is 1. The summed E-state index contributed by atoms with van der Waals surface area (Å²) in [5.74, 6) is -0.0475. The Hall–Kier alpha value is -2.11. The fourth-order valence-electron chi connectivity index (χ4n) is 3.58. The number of halogens is 1. The fourth-order valence-corrected chi connectivity index (χ4v) is 4.09. The quantitative estimate of drug-likeness (QED) is 0.743.